The minimum absolute atomic E-state index is 0.181. The number of hydrogen-bond donors (Lipinski definition) is 1. The van der Waals surface area contributed by atoms with Gasteiger partial charge < -0.3 is 19.5 Å². The quantitative estimate of drug-likeness (QED) is 0.742. The van der Waals surface area contributed by atoms with Gasteiger partial charge in [-0.3, -0.25) is 9.78 Å². The van der Waals surface area contributed by atoms with Gasteiger partial charge in [0.25, 0.3) is 11.6 Å². The first-order valence-corrected chi connectivity index (χ1v) is 7.93. The second kappa shape index (κ2) is 6.81. The number of ether oxygens (including phenoxy) is 1. The van der Waals surface area contributed by atoms with Gasteiger partial charge in [-0.1, -0.05) is 11.2 Å². The molecular weight excluding hydrogens is 324 g/mol. The third-order valence-corrected chi connectivity index (χ3v) is 3.95. The van der Waals surface area contributed by atoms with Crippen molar-refractivity contribution in [2.24, 2.45) is 0 Å². The largest absolute Gasteiger partial charge is 0.378 e. The fraction of sp³-hybridized carbons (Fsp3) is 0.312. The number of fused-ring (bicyclic) bond motifs is 1. The maximum absolute atomic E-state index is 12.6. The van der Waals surface area contributed by atoms with Gasteiger partial charge in [-0.25, -0.2) is 4.98 Å². The molecule has 1 saturated heterocycles. The minimum Gasteiger partial charge on any atom is -0.378 e. The third kappa shape index (κ3) is 3.13. The zero-order valence-electron chi connectivity index (χ0n) is 13.4. The van der Waals surface area contributed by atoms with Crippen molar-refractivity contribution in [2.75, 3.05) is 31.2 Å². The van der Waals surface area contributed by atoms with E-state index in [4.69, 9.17) is 9.26 Å². The van der Waals surface area contributed by atoms with Crippen molar-refractivity contribution in [3.8, 4) is 0 Å². The summed E-state index contributed by atoms with van der Waals surface area (Å²) in [5.74, 6) is 0.299. The van der Waals surface area contributed by atoms with Crippen LogP contribution >= 0.6 is 0 Å². The molecule has 0 aliphatic carbocycles. The summed E-state index contributed by atoms with van der Waals surface area (Å²) in [6.45, 7) is 2.95. The van der Waals surface area contributed by atoms with Crippen LogP contribution in [0.15, 0.2) is 35.4 Å². The van der Waals surface area contributed by atoms with Crippen molar-refractivity contribution in [3.63, 3.8) is 0 Å². The number of pyridine rings is 1. The molecule has 1 aliphatic heterocycles. The van der Waals surface area contributed by atoms with Gasteiger partial charge in [0.1, 0.15) is 17.5 Å². The number of anilines is 1. The molecule has 0 unspecified atom stereocenters. The first-order valence-electron chi connectivity index (χ1n) is 7.93. The molecule has 1 amide bonds. The lowest BCUT2D eigenvalue weighted by molar-refractivity contribution is 0.0943. The van der Waals surface area contributed by atoms with Crippen LogP contribution in [0.25, 0.3) is 11.1 Å². The molecule has 0 bridgehead atoms. The summed E-state index contributed by atoms with van der Waals surface area (Å²) in [6, 6.07) is 3.70. The standard InChI is InChI=1S/C16H16N6O3/c23-15(18-9-11-2-1-3-17-8-11)13-12-14(22-4-6-24-7-5-22)19-10-20-16(12)25-21-13/h1-3,8,10H,4-7,9H2,(H,18,23). The molecule has 1 aliphatic rings. The van der Waals surface area contributed by atoms with Crippen LogP contribution in [0.2, 0.25) is 0 Å². The van der Waals surface area contributed by atoms with E-state index >= 15 is 0 Å². The molecule has 0 atom stereocenters. The van der Waals surface area contributed by atoms with Crippen molar-refractivity contribution in [1.82, 2.24) is 25.4 Å². The van der Waals surface area contributed by atoms with Crippen molar-refractivity contribution >= 4 is 22.8 Å². The molecule has 1 N–H and O–H groups in total. The Morgan fingerprint density at radius 1 is 1.28 bits per heavy atom. The molecule has 128 valence electrons. The Morgan fingerprint density at radius 3 is 2.96 bits per heavy atom. The molecule has 1 fully saturated rings. The van der Waals surface area contributed by atoms with Crippen molar-refractivity contribution in [1.29, 1.82) is 0 Å². The van der Waals surface area contributed by atoms with Gasteiger partial charge in [-0.05, 0) is 11.6 Å². The van der Waals surface area contributed by atoms with Crippen LogP contribution in [-0.4, -0.2) is 52.3 Å². The number of carbonyl (C=O) groups excluding carboxylic acids is 1. The van der Waals surface area contributed by atoms with Gasteiger partial charge in [0, 0.05) is 32.0 Å². The molecule has 9 nitrogen and oxygen atoms in total. The van der Waals surface area contributed by atoms with E-state index in [-0.39, 0.29) is 11.6 Å². The normalized spacial score (nSPS) is 14.6. The van der Waals surface area contributed by atoms with Gasteiger partial charge in [0.2, 0.25) is 0 Å². The summed E-state index contributed by atoms with van der Waals surface area (Å²) in [5.41, 5.74) is 1.37. The summed E-state index contributed by atoms with van der Waals surface area (Å²) in [6.07, 6.45) is 4.79. The Bertz CT molecular complexity index is 876. The van der Waals surface area contributed by atoms with Crippen LogP contribution in [-0.2, 0) is 11.3 Å². The number of nitrogens with one attached hydrogen (secondary N) is 1. The van der Waals surface area contributed by atoms with E-state index in [1.165, 1.54) is 6.33 Å². The number of aromatic nitrogens is 4. The predicted octanol–water partition coefficient (Wildman–Crippen LogP) is 0.779. The molecule has 3 aromatic rings. The summed E-state index contributed by atoms with van der Waals surface area (Å²) in [5, 5.41) is 7.24. The van der Waals surface area contributed by atoms with Gasteiger partial charge in [-0.2, -0.15) is 4.98 Å². The highest BCUT2D eigenvalue weighted by molar-refractivity contribution is 6.07. The number of morpholine rings is 1. The number of nitrogens with zero attached hydrogens (tertiary/aromatic N) is 5. The highest BCUT2D eigenvalue weighted by Gasteiger charge is 2.24. The van der Waals surface area contributed by atoms with E-state index in [0.717, 1.165) is 5.56 Å². The average molecular weight is 340 g/mol. The zero-order chi connectivity index (χ0) is 17.1. The number of hydrogen-bond acceptors (Lipinski definition) is 8. The Labute approximate surface area is 143 Å². The van der Waals surface area contributed by atoms with E-state index in [9.17, 15) is 4.79 Å². The smallest absolute Gasteiger partial charge is 0.274 e. The third-order valence-electron chi connectivity index (χ3n) is 3.95. The number of carbonyl (C=O) groups is 1. The van der Waals surface area contributed by atoms with E-state index < -0.39 is 0 Å². The Balaban J connectivity index is 1.61. The SMILES string of the molecule is O=C(NCc1cccnc1)c1noc2ncnc(N3CCOCC3)c12. The van der Waals surface area contributed by atoms with Gasteiger partial charge in [0.15, 0.2) is 5.69 Å². The Morgan fingerprint density at radius 2 is 2.16 bits per heavy atom. The van der Waals surface area contributed by atoms with Gasteiger partial charge in [0.05, 0.1) is 13.2 Å². The first kappa shape index (κ1) is 15.5. The van der Waals surface area contributed by atoms with E-state index in [0.29, 0.717) is 49.8 Å². The fourth-order valence-electron chi connectivity index (χ4n) is 2.71. The van der Waals surface area contributed by atoms with Crippen LogP contribution in [0, 0.1) is 0 Å². The van der Waals surface area contributed by atoms with E-state index in [1.54, 1.807) is 12.4 Å². The molecule has 4 rings (SSSR count). The minimum atomic E-state index is -0.341. The van der Waals surface area contributed by atoms with Crippen LogP contribution in [0.5, 0.6) is 0 Å². The van der Waals surface area contributed by atoms with Crippen LogP contribution in [0.3, 0.4) is 0 Å². The van der Waals surface area contributed by atoms with Crippen LogP contribution in [0.1, 0.15) is 16.1 Å². The highest BCUT2D eigenvalue weighted by Crippen LogP contribution is 2.26. The lowest BCUT2D eigenvalue weighted by Crippen LogP contribution is -2.37. The fourth-order valence-corrected chi connectivity index (χ4v) is 2.71. The maximum atomic E-state index is 12.6. The average Bonchev–Trinajstić information content (AvgIpc) is 3.12. The van der Waals surface area contributed by atoms with Crippen molar-refractivity contribution in [3.05, 3.63) is 42.1 Å². The molecule has 3 aromatic heterocycles. The number of rotatable bonds is 4. The van der Waals surface area contributed by atoms with Crippen LogP contribution in [0.4, 0.5) is 5.82 Å². The second-order valence-electron chi connectivity index (χ2n) is 5.55. The lowest BCUT2D eigenvalue weighted by Gasteiger charge is -2.27. The first-order chi connectivity index (χ1) is 12.3. The molecule has 25 heavy (non-hydrogen) atoms. The maximum Gasteiger partial charge on any atom is 0.274 e. The summed E-state index contributed by atoms with van der Waals surface area (Å²) < 4.78 is 10.6. The molecule has 0 spiro atoms. The van der Waals surface area contributed by atoms with E-state index in [1.807, 2.05) is 17.0 Å². The van der Waals surface area contributed by atoms with Crippen molar-refractivity contribution < 1.29 is 14.1 Å². The Kier molecular flexibility index (Phi) is 4.21. The number of amides is 1. The monoisotopic (exact) mass is 340 g/mol. The highest BCUT2D eigenvalue weighted by atomic mass is 16.5. The summed E-state index contributed by atoms with van der Waals surface area (Å²) in [4.78, 5) is 27.0. The van der Waals surface area contributed by atoms with Gasteiger partial charge >= 0.3 is 0 Å². The molecule has 4 heterocycles. The summed E-state index contributed by atoms with van der Waals surface area (Å²) >= 11 is 0. The Hall–Kier alpha value is -3.07. The lowest BCUT2D eigenvalue weighted by atomic mass is 10.2. The molecule has 0 saturated carbocycles. The molecule has 0 radical (unpaired) electrons. The van der Waals surface area contributed by atoms with Crippen LogP contribution < -0.4 is 10.2 Å². The topological polar surface area (TPSA) is 106 Å². The molecular formula is C16H16N6O3. The predicted molar refractivity (Wildman–Crippen MR) is 88.0 cm³/mol. The zero-order valence-corrected chi connectivity index (χ0v) is 13.4. The summed E-state index contributed by atoms with van der Waals surface area (Å²) in [7, 11) is 0. The van der Waals surface area contributed by atoms with E-state index in [2.05, 4.69) is 25.4 Å². The molecule has 0 aromatic carbocycles. The van der Waals surface area contributed by atoms with Crippen molar-refractivity contribution in [2.45, 2.75) is 6.54 Å². The second-order valence-corrected chi connectivity index (χ2v) is 5.55. The van der Waals surface area contributed by atoms with Gasteiger partial charge in [-0.15, -0.1) is 0 Å². The molecule has 9 heteroatoms.